The van der Waals surface area contributed by atoms with Crippen LogP contribution >= 0.6 is 0 Å². The average molecular weight is 166 g/mol. The molecule has 0 radical (unpaired) electrons. The molecule has 0 bridgehead atoms. The second kappa shape index (κ2) is 3.29. The standard InChI is InChI=1S/C9H14N2O/c10-8-3-9(4-8)11-5-7-1-2-12-6-7/h1-2,6,8-9,11H,3-5,10H2. The van der Waals surface area contributed by atoms with E-state index in [1.807, 2.05) is 6.07 Å². The third kappa shape index (κ3) is 1.68. The van der Waals surface area contributed by atoms with Crippen LogP contribution in [-0.2, 0) is 6.54 Å². The highest BCUT2D eigenvalue weighted by Gasteiger charge is 2.24. The van der Waals surface area contributed by atoms with E-state index in [2.05, 4.69) is 5.32 Å². The first kappa shape index (κ1) is 7.83. The van der Waals surface area contributed by atoms with Gasteiger partial charge in [-0.3, -0.25) is 0 Å². The van der Waals surface area contributed by atoms with Gasteiger partial charge in [0.25, 0.3) is 0 Å². The lowest BCUT2D eigenvalue weighted by Gasteiger charge is -2.33. The second-order valence-electron chi connectivity index (χ2n) is 3.44. The van der Waals surface area contributed by atoms with Crippen molar-refractivity contribution in [3.63, 3.8) is 0 Å². The quantitative estimate of drug-likeness (QED) is 0.700. The van der Waals surface area contributed by atoms with E-state index in [9.17, 15) is 0 Å². The Labute approximate surface area is 71.9 Å². The lowest BCUT2D eigenvalue weighted by atomic mass is 9.87. The monoisotopic (exact) mass is 166 g/mol. The predicted octanol–water partition coefficient (Wildman–Crippen LogP) is 0.859. The molecule has 0 aliphatic heterocycles. The minimum absolute atomic E-state index is 0.423. The van der Waals surface area contributed by atoms with Crippen molar-refractivity contribution in [1.82, 2.24) is 5.32 Å². The first-order valence-corrected chi connectivity index (χ1v) is 4.34. The zero-order valence-electron chi connectivity index (χ0n) is 6.99. The summed E-state index contributed by atoms with van der Waals surface area (Å²) in [5.41, 5.74) is 6.86. The van der Waals surface area contributed by atoms with Crippen molar-refractivity contribution in [2.75, 3.05) is 0 Å². The molecule has 3 heteroatoms. The molecule has 66 valence electrons. The van der Waals surface area contributed by atoms with Crippen LogP contribution in [-0.4, -0.2) is 12.1 Å². The maximum absolute atomic E-state index is 5.66. The Bertz CT molecular complexity index is 227. The maximum atomic E-state index is 5.66. The van der Waals surface area contributed by atoms with Crippen LogP contribution in [0.25, 0.3) is 0 Å². The van der Waals surface area contributed by atoms with Crippen LogP contribution in [0.2, 0.25) is 0 Å². The fraction of sp³-hybridized carbons (Fsp3) is 0.556. The average Bonchev–Trinajstić information content (AvgIpc) is 2.47. The fourth-order valence-electron chi connectivity index (χ4n) is 1.48. The molecule has 0 unspecified atom stereocenters. The van der Waals surface area contributed by atoms with Gasteiger partial charge in [0.15, 0.2) is 0 Å². The minimum atomic E-state index is 0.423. The van der Waals surface area contributed by atoms with Gasteiger partial charge < -0.3 is 15.5 Å². The molecular formula is C9H14N2O. The Balaban J connectivity index is 1.70. The van der Waals surface area contributed by atoms with Crippen LogP contribution in [0.1, 0.15) is 18.4 Å². The fourth-order valence-corrected chi connectivity index (χ4v) is 1.48. The lowest BCUT2D eigenvalue weighted by molar-refractivity contribution is 0.290. The van der Waals surface area contributed by atoms with E-state index in [-0.39, 0.29) is 0 Å². The summed E-state index contributed by atoms with van der Waals surface area (Å²) in [4.78, 5) is 0. The molecule has 0 spiro atoms. The van der Waals surface area contributed by atoms with Crippen LogP contribution in [0.5, 0.6) is 0 Å². The van der Waals surface area contributed by atoms with Crippen LogP contribution in [0.3, 0.4) is 0 Å². The van der Waals surface area contributed by atoms with Crippen molar-refractivity contribution in [2.45, 2.75) is 31.5 Å². The van der Waals surface area contributed by atoms with Crippen LogP contribution in [0, 0.1) is 0 Å². The lowest BCUT2D eigenvalue weighted by Crippen LogP contribution is -2.47. The van der Waals surface area contributed by atoms with E-state index < -0.39 is 0 Å². The molecule has 0 aromatic carbocycles. The smallest absolute Gasteiger partial charge is 0.0947 e. The molecule has 1 saturated carbocycles. The zero-order valence-corrected chi connectivity index (χ0v) is 6.99. The maximum Gasteiger partial charge on any atom is 0.0947 e. The number of nitrogens with two attached hydrogens (primary N) is 1. The van der Waals surface area contributed by atoms with Crippen molar-refractivity contribution in [3.8, 4) is 0 Å². The van der Waals surface area contributed by atoms with Gasteiger partial charge in [0.05, 0.1) is 12.5 Å². The van der Waals surface area contributed by atoms with E-state index in [0.29, 0.717) is 12.1 Å². The number of hydrogen-bond donors (Lipinski definition) is 2. The summed E-state index contributed by atoms with van der Waals surface area (Å²) in [7, 11) is 0. The summed E-state index contributed by atoms with van der Waals surface area (Å²) in [5.74, 6) is 0. The molecule has 0 atom stereocenters. The number of furan rings is 1. The molecule has 0 saturated heterocycles. The zero-order chi connectivity index (χ0) is 8.39. The third-order valence-electron chi connectivity index (χ3n) is 2.35. The number of nitrogens with one attached hydrogen (secondary N) is 1. The molecule has 3 N–H and O–H groups in total. The Morgan fingerprint density at radius 3 is 3.00 bits per heavy atom. The topological polar surface area (TPSA) is 51.2 Å². The first-order valence-electron chi connectivity index (χ1n) is 4.34. The van der Waals surface area contributed by atoms with Crippen molar-refractivity contribution in [3.05, 3.63) is 24.2 Å². The highest BCUT2D eigenvalue weighted by Crippen LogP contribution is 2.17. The van der Waals surface area contributed by atoms with Gasteiger partial charge in [-0.1, -0.05) is 0 Å². The van der Waals surface area contributed by atoms with Crippen molar-refractivity contribution in [2.24, 2.45) is 5.73 Å². The summed E-state index contributed by atoms with van der Waals surface area (Å²) >= 11 is 0. The summed E-state index contributed by atoms with van der Waals surface area (Å²) in [6, 6.07) is 3.02. The summed E-state index contributed by atoms with van der Waals surface area (Å²) in [6.07, 6.45) is 5.69. The first-order chi connectivity index (χ1) is 5.84. The summed E-state index contributed by atoms with van der Waals surface area (Å²) in [6.45, 7) is 0.897. The molecule has 0 amide bonds. The number of hydrogen-bond acceptors (Lipinski definition) is 3. The summed E-state index contributed by atoms with van der Waals surface area (Å²) < 4.78 is 4.95. The Kier molecular flexibility index (Phi) is 2.15. The molecular weight excluding hydrogens is 152 g/mol. The van der Waals surface area contributed by atoms with Gasteiger partial charge in [0.2, 0.25) is 0 Å². The van der Waals surface area contributed by atoms with Gasteiger partial charge >= 0.3 is 0 Å². The van der Waals surface area contributed by atoms with Gasteiger partial charge in [-0.05, 0) is 18.9 Å². The van der Waals surface area contributed by atoms with Gasteiger partial charge in [-0.25, -0.2) is 0 Å². The second-order valence-corrected chi connectivity index (χ2v) is 3.44. The molecule has 12 heavy (non-hydrogen) atoms. The van der Waals surface area contributed by atoms with E-state index in [1.165, 1.54) is 5.56 Å². The molecule has 1 aromatic heterocycles. The normalized spacial score (nSPS) is 28.4. The van der Waals surface area contributed by atoms with E-state index in [4.69, 9.17) is 10.2 Å². The molecule has 3 nitrogen and oxygen atoms in total. The molecule has 2 rings (SSSR count). The molecule has 1 fully saturated rings. The largest absolute Gasteiger partial charge is 0.472 e. The Morgan fingerprint density at radius 1 is 1.58 bits per heavy atom. The minimum Gasteiger partial charge on any atom is -0.472 e. The van der Waals surface area contributed by atoms with E-state index >= 15 is 0 Å². The Hall–Kier alpha value is -0.800. The van der Waals surface area contributed by atoms with Crippen molar-refractivity contribution < 1.29 is 4.42 Å². The molecule has 1 aromatic rings. The third-order valence-corrected chi connectivity index (χ3v) is 2.35. The van der Waals surface area contributed by atoms with Gasteiger partial charge in [-0.15, -0.1) is 0 Å². The molecule has 1 aliphatic carbocycles. The van der Waals surface area contributed by atoms with Gasteiger partial charge in [0, 0.05) is 24.2 Å². The predicted molar refractivity (Wildman–Crippen MR) is 46.5 cm³/mol. The molecule has 1 aliphatic rings. The highest BCUT2D eigenvalue weighted by molar-refractivity contribution is 5.05. The van der Waals surface area contributed by atoms with E-state index in [1.54, 1.807) is 12.5 Å². The van der Waals surface area contributed by atoms with Crippen molar-refractivity contribution in [1.29, 1.82) is 0 Å². The van der Waals surface area contributed by atoms with Crippen LogP contribution in [0.15, 0.2) is 23.0 Å². The van der Waals surface area contributed by atoms with Crippen LogP contribution in [0.4, 0.5) is 0 Å². The van der Waals surface area contributed by atoms with Gasteiger partial charge in [0.1, 0.15) is 0 Å². The summed E-state index contributed by atoms with van der Waals surface area (Å²) in [5, 5.41) is 3.41. The highest BCUT2D eigenvalue weighted by atomic mass is 16.3. The van der Waals surface area contributed by atoms with Gasteiger partial charge in [-0.2, -0.15) is 0 Å². The van der Waals surface area contributed by atoms with Crippen molar-refractivity contribution >= 4 is 0 Å². The number of rotatable bonds is 3. The van der Waals surface area contributed by atoms with E-state index in [0.717, 1.165) is 19.4 Å². The molecule has 1 heterocycles. The Morgan fingerprint density at radius 2 is 2.42 bits per heavy atom. The SMILES string of the molecule is NC1CC(NCc2ccoc2)C1. The van der Waals surface area contributed by atoms with Crippen LogP contribution < -0.4 is 11.1 Å².